The van der Waals surface area contributed by atoms with Gasteiger partial charge in [-0.15, -0.1) is 0 Å². The lowest BCUT2D eigenvalue weighted by Crippen LogP contribution is -2.16. The molecule has 0 saturated heterocycles. The van der Waals surface area contributed by atoms with E-state index in [0.29, 0.717) is 11.3 Å². The fourth-order valence-electron chi connectivity index (χ4n) is 2.28. The normalized spacial score (nSPS) is 13.5. The van der Waals surface area contributed by atoms with Crippen LogP contribution in [-0.2, 0) is 4.79 Å². The van der Waals surface area contributed by atoms with Gasteiger partial charge in [-0.3, -0.25) is 9.59 Å². The highest BCUT2D eigenvalue weighted by molar-refractivity contribution is 9.10. The predicted octanol–water partition coefficient (Wildman–Crippen LogP) is 4.36. The number of hydrogen-bond acceptors (Lipinski definition) is 2. The molecule has 1 saturated carbocycles. The Balaban J connectivity index is 1.75. The van der Waals surface area contributed by atoms with E-state index in [2.05, 4.69) is 26.6 Å². The molecule has 4 nitrogen and oxygen atoms in total. The highest BCUT2D eigenvalue weighted by atomic mass is 79.9. The number of rotatable bonds is 4. The minimum Gasteiger partial charge on any atom is -0.326 e. The molecule has 118 valence electrons. The molecule has 0 aliphatic heterocycles. The van der Waals surface area contributed by atoms with Crippen molar-refractivity contribution < 1.29 is 9.59 Å². The molecule has 2 amide bonds. The zero-order valence-electron chi connectivity index (χ0n) is 12.7. The summed E-state index contributed by atoms with van der Waals surface area (Å²) in [6.07, 6.45) is 1.93. The predicted molar refractivity (Wildman–Crippen MR) is 94.6 cm³/mol. The fraction of sp³-hybridized carbons (Fsp3) is 0.222. The summed E-state index contributed by atoms with van der Waals surface area (Å²) in [5, 5.41) is 5.84. The van der Waals surface area contributed by atoms with Gasteiger partial charge in [-0.05, 0) is 61.7 Å². The third-order valence-electron chi connectivity index (χ3n) is 3.89. The van der Waals surface area contributed by atoms with Crippen LogP contribution in [0.5, 0.6) is 0 Å². The number of halogens is 1. The molecular weight excluding hydrogens is 356 g/mol. The third kappa shape index (κ3) is 3.79. The van der Waals surface area contributed by atoms with Gasteiger partial charge in [0.2, 0.25) is 5.91 Å². The van der Waals surface area contributed by atoms with Crippen molar-refractivity contribution in [3.63, 3.8) is 0 Å². The molecule has 0 bridgehead atoms. The van der Waals surface area contributed by atoms with Crippen molar-refractivity contribution in [3.8, 4) is 0 Å². The van der Waals surface area contributed by atoms with Crippen molar-refractivity contribution in [2.75, 3.05) is 10.6 Å². The minimum absolute atomic E-state index is 0.0597. The van der Waals surface area contributed by atoms with Crippen LogP contribution in [0.1, 0.15) is 28.8 Å². The lowest BCUT2D eigenvalue weighted by atomic mass is 10.1. The Morgan fingerprint density at radius 3 is 2.22 bits per heavy atom. The van der Waals surface area contributed by atoms with Crippen LogP contribution in [0.25, 0.3) is 0 Å². The molecule has 0 radical (unpaired) electrons. The summed E-state index contributed by atoms with van der Waals surface area (Å²) in [5.41, 5.74) is 2.88. The van der Waals surface area contributed by atoms with Crippen LogP contribution < -0.4 is 10.6 Å². The SMILES string of the molecule is Cc1c(NC(=O)c2ccc(Br)cc2)cccc1NC(=O)C1CC1. The highest BCUT2D eigenvalue weighted by Gasteiger charge is 2.29. The first-order valence-corrected chi connectivity index (χ1v) is 8.31. The Hall–Kier alpha value is -2.14. The second kappa shape index (κ2) is 6.54. The molecule has 0 aromatic heterocycles. The van der Waals surface area contributed by atoms with Crippen LogP contribution in [0.4, 0.5) is 11.4 Å². The largest absolute Gasteiger partial charge is 0.326 e. The van der Waals surface area contributed by atoms with Crippen molar-refractivity contribution in [1.82, 2.24) is 0 Å². The Kier molecular flexibility index (Phi) is 4.48. The number of carbonyl (C=O) groups is 2. The number of benzene rings is 2. The van der Waals surface area contributed by atoms with Gasteiger partial charge in [0.1, 0.15) is 0 Å². The van der Waals surface area contributed by atoms with E-state index in [4.69, 9.17) is 0 Å². The van der Waals surface area contributed by atoms with Crippen LogP contribution in [0.15, 0.2) is 46.9 Å². The van der Waals surface area contributed by atoms with Gasteiger partial charge in [0.25, 0.3) is 5.91 Å². The van der Waals surface area contributed by atoms with E-state index >= 15 is 0 Å². The van der Waals surface area contributed by atoms with Crippen LogP contribution in [-0.4, -0.2) is 11.8 Å². The summed E-state index contributed by atoms with van der Waals surface area (Å²) < 4.78 is 0.926. The van der Waals surface area contributed by atoms with Crippen molar-refractivity contribution >= 4 is 39.1 Å². The van der Waals surface area contributed by atoms with Crippen molar-refractivity contribution in [1.29, 1.82) is 0 Å². The molecule has 0 spiro atoms. The standard InChI is InChI=1S/C18H17BrN2O2/c1-11-15(20-17(22)12-5-6-12)3-2-4-16(11)21-18(23)13-7-9-14(19)10-8-13/h2-4,7-10,12H,5-6H2,1H3,(H,20,22)(H,21,23). The maximum Gasteiger partial charge on any atom is 0.255 e. The lowest BCUT2D eigenvalue weighted by Gasteiger charge is -2.13. The summed E-state index contributed by atoms with van der Waals surface area (Å²) in [4.78, 5) is 24.2. The number of carbonyl (C=O) groups excluding carboxylic acids is 2. The first-order valence-electron chi connectivity index (χ1n) is 7.52. The number of nitrogens with one attached hydrogen (secondary N) is 2. The van der Waals surface area contributed by atoms with Gasteiger partial charge in [0.15, 0.2) is 0 Å². The first-order chi connectivity index (χ1) is 11.0. The first kappa shape index (κ1) is 15.7. The van der Waals surface area contributed by atoms with E-state index < -0.39 is 0 Å². The number of anilines is 2. The van der Waals surface area contributed by atoms with Gasteiger partial charge < -0.3 is 10.6 Å². The van der Waals surface area contributed by atoms with Gasteiger partial charge in [0.05, 0.1) is 0 Å². The molecule has 1 fully saturated rings. The molecule has 1 aliphatic carbocycles. The molecule has 2 aromatic rings. The summed E-state index contributed by atoms with van der Waals surface area (Å²) in [7, 11) is 0. The van der Waals surface area contributed by atoms with Crippen LogP contribution in [0.2, 0.25) is 0 Å². The summed E-state index contributed by atoms with van der Waals surface area (Å²) in [6.45, 7) is 1.89. The van der Waals surface area contributed by atoms with Crippen LogP contribution in [0, 0.1) is 12.8 Å². The van der Waals surface area contributed by atoms with E-state index in [9.17, 15) is 9.59 Å². The zero-order valence-corrected chi connectivity index (χ0v) is 14.3. The van der Waals surface area contributed by atoms with Gasteiger partial charge in [0, 0.05) is 27.3 Å². The Bertz CT molecular complexity index is 752. The molecule has 1 aliphatic rings. The second-order valence-electron chi connectivity index (χ2n) is 5.70. The molecule has 2 aromatic carbocycles. The zero-order chi connectivity index (χ0) is 16.4. The smallest absolute Gasteiger partial charge is 0.255 e. The van der Waals surface area contributed by atoms with Crippen LogP contribution >= 0.6 is 15.9 Å². The minimum atomic E-state index is -0.175. The monoisotopic (exact) mass is 372 g/mol. The summed E-state index contributed by atoms with van der Waals surface area (Å²) >= 11 is 3.35. The van der Waals surface area contributed by atoms with E-state index in [1.165, 1.54) is 0 Å². The van der Waals surface area contributed by atoms with E-state index in [1.807, 2.05) is 37.3 Å². The number of hydrogen-bond donors (Lipinski definition) is 2. The Labute approximate surface area is 143 Å². The maximum atomic E-state index is 12.3. The lowest BCUT2D eigenvalue weighted by molar-refractivity contribution is -0.117. The highest BCUT2D eigenvalue weighted by Crippen LogP contribution is 2.31. The van der Waals surface area contributed by atoms with Crippen molar-refractivity contribution in [2.45, 2.75) is 19.8 Å². The average Bonchev–Trinajstić information content (AvgIpc) is 3.36. The summed E-state index contributed by atoms with van der Waals surface area (Å²) in [5.74, 6) is 0.0335. The molecule has 0 atom stereocenters. The van der Waals surface area contributed by atoms with E-state index in [0.717, 1.165) is 28.6 Å². The molecular formula is C18H17BrN2O2. The Morgan fingerprint density at radius 2 is 1.61 bits per heavy atom. The Morgan fingerprint density at radius 1 is 1.00 bits per heavy atom. The van der Waals surface area contributed by atoms with Gasteiger partial charge in [-0.1, -0.05) is 22.0 Å². The van der Waals surface area contributed by atoms with Gasteiger partial charge in [-0.25, -0.2) is 0 Å². The molecule has 3 rings (SSSR count). The van der Waals surface area contributed by atoms with Gasteiger partial charge in [-0.2, -0.15) is 0 Å². The number of amides is 2. The maximum absolute atomic E-state index is 12.3. The molecule has 23 heavy (non-hydrogen) atoms. The van der Waals surface area contributed by atoms with E-state index in [1.54, 1.807) is 12.1 Å². The van der Waals surface area contributed by atoms with Crippen LogP contribution in [0.3, 0.4) is 0 Å². The average molecular weight is 373 g/mol. The molecule has 0 unspecified atom stereocenters. The van der Waals surface area contributed by atoms with Crippen molar-refractivity contribution in [3.05, 3.63) is 58.1 Å². The van der Waals surface area contributed by atoms with E-state index in [-0.39, 0.29) is 17.7 Å². The molecule has 2 N–H and O–H groups in total. The quantitative estimate of drug-likeness (QED) is 0.837. The molecule has 5 heteroatoms. The summed E-state index contributed by atoms with van der Waals surface area (Å²) in [6, 6.07) is 12.7. The second-order valence-corrected chi connectivity index (χ2v) is 6.62. The van der Waals surface area contributed by atoms with Crippen molar-refractivity contribution in [2.24, 2.45) is 5.92 Å². The third-order valence-corrected chi connectivity index (χ3v) is 4.42. The van der Waals surface area contributed by atoms with Gasteiger partial charge >= 0.3 is 0 Å². The fourth-order valence-corrected chi connectivity index (χ4v) is 2.55. The molecule has 0 heterocycles. The topological polar surface area (TPSA) is 58.2 Å².